The Labute approximate surface area is 97.2 Å². The van der Waals surface area contributed by atoms with Crippen molar-refractivity contribution in [2.75, 3.05) is 25.4 Å². The number of nitrogen functional groups attached to an aromatic ring is 1. The Bertz CT molecular complexity index is 363. The average molecular weight is 220 g/mol. The van der Waals surface area contributed by atoms with E-state index in [4.69, 9.17) is 10.5 Å². The first-order chi connectivity index (χ1) is 7.57. The van der Waals surface area contributed by atoms with Crippen LogP contribution < -0.4 is 5.73 Å². The number of nitrogens with two attached hydrogens (primary N) is 1. The normalized spacial score (nSPS) is 20.9. The Hall–Kier alpha value is -1.06. The number of benzene rings is 1. The Balaban J connectivity index is 2.02. The molecule has 16 heavy (non-hydrogen) atoms. The lowest BCUT2D eigenvalue weighted by molar-refractivity contribution is -0.0882. The van der Waals surface area contributed by atoms with Crippen molar-refractivity contribution < 1.29 is 4.74 Å². The van der Waals surface area contributed by atoms with Gasteiger partial charge in [-0.15, -0.1) is 0 Å². The molecule has 0 radical (unpaired) electrons. The maximum Gasteiger partial charge on any atom is 0.0753 e. The zero-order chi connectivity index (χ0) is 11.6. The van der Waals surface area contributed by atoms with Crippen LogP contribution in [0.3, 0.4) is 0 Å². The Morgan fingerprint density at radius 1 is 1.38 bits per heavy atom. The number of nitrogens with zero attached hydrogens (tertiary/aromatic N) is 1. The molecule has 1 aliphatic heterocycles. The average Bonchev–Trinajstić information content (AvgIpc) is 2.20. The van der Waals surface area contributed by atoms with Crippen molar-refractivity contribution in [3.05, 3.63) is 29.8 Å². The van der Waals surface area contributed by atoms with Crippen molar-refractivity contribution in [1.82, 2.24) is 4.90 Å². The highest BCUT2D eigenvalue weighted by atomic mass is 16.5. The monoisotopic (exact) mass is 220 g/mol. The first kappa shape index (κ1) is 11.4. The summed E-state index contributed by atoms with van der Waals surface area (Å²) in [6, 6.07) is 8.07. The third-order valence-corrected chi connectivity index (χ3v) is 2.95. The molecule has 1 saturated heterocycles. The molecule has 1 aromatic rings. The zero-order valence-corrected chi connectivity index (χ0v) is 10.1. The molecule has 3 heteroatoms. The van der Waals surface area contributed by atoms with Crippen LogP contribution in [0.4, 0.5) is 5.69 Å². The van der Waals surface area contributed by atoms with E-state index in [9.17, 15) is 0 Å². The number of morpholine rings is 1. The highest BCUT2D eigenvalue weighted by molar-refractivity contribution is 5.46. The van der Waals surface area contributed by atoms with Crippen molar-refractivity contribution in [2.45, 2.75) is 26.0 Å². The molecular weight excluding hydrogens is 200 g/mol. The molecular formula is C13H20N2O. The van der Waals surface area contributed by atoms with Crippen LogP contribution in [0.15, 0.2) is 24.3 Å². The van der Waals surface area contributed by atoms with Crippen molar-refractivity contribution in [3.8, 4) is 0 Å². The minimum Gasteiger partial charge on any atom is -0.398 e. The summed E-state index contributed by atoms with van der Waals surface area (Å²) in [6.45, 7) is 7.93. The first-order valence-electron chi connectivity index (χ1n) is 5.76. The van der Waals surface area contributed by atoms with E-state index in [2.05, 4.69) is 24.8 Å². The van der Waals surface area contributed by atoms with Gasteiger partial charge in [0.2, 0.25) is 0 Å². The quantitative estimate of drug-likeness (QED) is 0.773. The second-order valence-corrected chi connectivity index (χ2v) is 5.02. The molecule has 88 valence electrons. The molecule has 0 saturated carbocycles. The third-order valence-electron chi connectivity index (χ3n) is 2.95. The minimum atomic E-state index is -0.0399. The number of ether oxygens (including phenoxy) is 1. The van der Waals surface area contributed by atoms with Crippen LogP contribution in [0.2, 0.25) is 0 Å². The van der Waals surface area contributed by atoms with Gasteiger partial charge in [-0.3, -0.25) is 4.90 Å². The summed E-state index contributed by atoms with van der Waals surface area (Å²) < 4.78 is 5.69. The van der Waals surface area contributed by atoms with Gasteiger partial charge in [-0.1, -0.05) is 18.2 Å². The van der Waals surface area contributed by atoms with E-state index in [1.165, 1.54) is 5.56 Å². The molecule has 2 rings (SSSR count). The van der Waals surface area contributed by atoms with Crippen LogP contribution in [-0.2, 0) is 11.3 Å². The molecule has 1 heterocycles. The van der Waals surface area contributed by atoms with E-state index >= 15 is 0 Å². The van der Waals surface area contributed by atoms with E-state index in [1.807, 2.05) is 18.2 Å². The fourth-order valence-electron chi connectivity index (χ4n) is 2.17. The largest absolute Gasteiger partial charge is 0.398 e. The predicted molar refractivity (Wildman–Crippen MR) is 66.2 cm³/mol. The summed E-state index contributed by atoms with van der Waals surface area (Å²) in [7, 11) is 0. The molecule has 2 N–H and O–H groups in total. The van der Waals surface area contributed by atoms with Gasteiger partial charge in [-0.2, -0.15) is 0 Å². The van der Waals surface area contributed by atoms with E-state index in [0.29, 0.717) is 0 Å². The van der Waals surface area contributed by atoms with Crippen LogP contribution in [0, 0.1) is 0 Å². The zero-order valence-electron chi connectivity index (χ0n) is 10.1. The molecule has 0 spiro atoms. The highest BCUT2D eigenvalue weighted by Crippen LogP contribution is 2.20. The molecule has 1 aromatic carbocycles. The van der Waals surface area contributed by atoms with Gasteiger partial charge in [0.15, 0.2) is 0 Å². The maximum atomic E-state index is 5.95. The predicted octanol–water partition coefficient (Wildman–Crippen LogP) is 1.88. The van der Waals surface area contributed by atoms with E-state index in [1.54, 1.807) is 0 Å². The van der Waals surface area contributed by atoms with Gasteiger partial charge in [0.1, 0.15) is 0 Å². The summed E-state index contributed by atoms with van der Waals surface area (Å²) in [5.74, 6) is 0. The summed E-state index contributed by atoms with van der Waals surface area (Å²) in [5.41, 5.74) is 8.00. The molecule has 0 aliphatic carbocycles. The van der Waals surface area contributed by atoms with E-state index in [-0.39, 0.29) is 5.60 Å². The summed E-state index contributed by atoms with van der Waals surface area (Å²) in [5, 5.41) is 0. The first-order valence-corrected chi connectivity index (χ1v) is 5.76. The third kappa shape index (κ3) is 2.74. The van der Waals surface area contributed by atoms with Crippen LogP contribution in [-0.4, -0.2) is 30.2 Å². The SMILES string of the molecule is CC1(C)CN(Cc2ccccc2N)CCO1. The van der Waals surface area contributed by atoms with Crippen LogP contribution in [0.25, 0.3) is 0 Å². The Morgan fingerprint density at radius 2 is 2.12 bits per heavy atom. The second-order valence-electron chi connectivity index (χ2n) is 5.02. The molecule has 0 unspecified atom stereocenters. The van der Waals surface area contributed by atoms with Crippen molar-refractivity contribution in [2.24, 2.45) is 0 Å². The van der Waals surface area contributed by atoms with Crippen LogP contribution >= 0.6 is 0 Å². The van der Waals surface area contributed by atoms with Crippen molar-refractivity contribution in [3.63, 3.8) is 0 Å². The van der Waals surface area contributed by atoms with Gasteiger partial charge in [-0.25, -0.2) is 0 Å². The lowest BCUT2D eigenvalue weighted by Crippen LogP contribution is -2.47. The summed E-state index contributed by atoms with van der Waals surface area (Å²) >= 11 is 0. The second kappa shape index (κ2) is 4.44. The molecule has 1 aliphatic rings. The van der Waals surface area contributed by atoms with Crippen LogP contribution in [0.5, 0.6) is 0 Å². The standard InChI is InChI=1S/C13H20N2O/c1-13(2)10-15(7-8-16-13)9-11-5-3-4-6-12(11)14/h3-6H,7-10,14H2,1-2H3. The summed E-state index contributed by atoms with van der Waals surface area (Å²) in [6.07, 6.45) is 0. The lowest BCUT2D eigenvalue weighted by atomic mass is 10.1. The lowest BCUT2D eigenvalue weighted by Gasteiger charge is -2.38. The number of hydrogen-bond donors (Lipinski definition) is 1. The fraction of sp³-hybridized carbons (Fsp3) is 0.538. The molecule has 0 atom stereocenters. The van der Waals surface area contributed by atoms with Gasteiger partial charge in [0.25, 0.3) is 0 Å². The molecule has 1 fully saturated rings. The Kier molecular flexibility index (Phi) is 3.17. The van der Waals surface area contributed by atoms with Gasteiger partial charge in [0.05, 0.1) is 12.2 Å². The van der Waals surface area contributed by atoms with Gasteiger partial charge in [-0.05, 0) is 25.5 Å². The molecule has 0 amide bonds. The van der Waals surface area contributed by atoms with E-state index in [0.717, 1.165) is 31.9 Å². The van der Waals surface area contributed by atoms with Gasteiger partial charge >= 0.3 is 0 Å². The van der Waals surface area contributed by atoms with E-state index < -0.39 is 0 Å². The topological polar surface area (TPSA) is 38.5 Å². The summed E-state index contributed by atoms with van der Waals surface area (Å²) in [4.78, 5) is 2.40. The van der Waals surface area contributed by atoms with Gasteiger partial charge < -0.3 is 10.5 Å². The molecule has 0 bridgehead atoms. The Morgan fingerprint density at radius 3 is 2.81 bits per heavy atom. The van der Waals surface area contributed by atoms with Crippen LogP contribution in [0.1, 0.15) is 19.4 Å². The highest BCUT2D eigenvalue weighted by Gasteiger charge is 2.27. The smallest absolute Gasteiger partial charge is 0.0753 e. The maximum absolute atomic E-state index is 5.95. The van der Waals surface area contributed by atoms with Crippen molar-refractivity contribution in [1.29, 1.82) is 0 Å². The fourth-order valence-corrected chi connectivity index (χ4v) is 2.17. The number of hydrogen-bond acceptors (Lipinski definition) is 3. The molecule has 3 nitrogen and oxygen atoms in total. The number of anilines is 1. The van der Waals surface area contributed by atoms with Crippen molar-refractivity contribution >= 4 is 5.69 Å². The minimum absolute atomic E-state index is 0.0399. The molecule has 0 aromatic heterocycles. The van der Waals surface area contributed by atoms with Gasteiger partial charge in [0, 0.05) is 25.3 Å². The number of para-hydroxylation sites is 1. The number of rotatable bonds is 2.